The third-order valence-electron chi connectivity index (χ3n) is 4.10. The number of halogens is 1. The number of piperazine rings is 1. The maximum atomic E-state index is 8.98. The number of fused-ring (bicyclic) bond motifs is 1. The minimum Gasteiger partial charge on any atom is -0.493 e. The Morgan fingerprint density at radius 1 is 1.15 bits per heavy atom. The molecule has 5 heteroatoms. The van der Waals surface area contributed by atoms with Crippen molar-refractivity contribution in [3.63, 3.8) is 0 Å². The van der Waals surface area contributed by atoms with Crippen molar-refractivity contribution in [2.45, 2.75) is 13.0 Å². The smallest absolute Gasteiger partial charge is 0.127 e. The maximum Gasteiger partial charge on any atom is 0.127 e. The minimum atomic E-state index is 0.257. The lowest BCUT2D eigenvalue weighted by molar-refractivity contribution is 0.108. The van der Waals surface area contributed by atoms with Crippen LogP contribution in [0.15, 0.2) is 16.6 Å². The summed E-state index contributed by atoms with van der Waals surface area (Å²) in [6.07, 6.45) is 1.02. The second-order valence-corrected chi connectivity index (χ2v) is 6.41. The Balaban J connectivity index is 1.64. The van der Waals surface area contributed by atoms with E-state index in [-0.39, 0.29) is 6.61 Å². The Labute approximate surface area is 128 Å². The van der Waals surface area contributed by atoms with Crippen molar-refractivity contribution in [2.24, 2.45) is 0 Å². The van der Waals surface area contributed by atoms with Crippen molar-refractivity contribution >= 4 is 15.9 Å². The number of hydrogen-bond acceptors (Lipinski definition) is 4. The van der Waals surface area contributed by atoms with Crippen LogP contribution in [0, 0.1) is 0 Å². The second kappa shape index (κ2) is 6.43. The molecule has 110 valence electrons. The average Bonchev–Trinajstić information content (AvgIpc) is 2.89. The molecule has 1 aromatic carbocycles. The standard InChI is InChI=1S/C15H21BrN2O2/c16-14-9-12-1-8-20-15(12)13(10-14)11-18-4-2-17(3-5-18)6-7-19/h9-10,19H,1-8,11H2. The molecule has 0 atom stereocenters. The summed E-state index contributed by atoms with van der Waals surface area (Å²) < 4.78 is 6.94. The number of aliphatic hydroxyl groups excluding tert-OH is 1. The van der Waals surface area contributed by atoms with Gasteiger partial charge in [-0.1, -0.05) is 15.9 Å². The van der Waals surface area contributed by atoms with Gasteiger partial charge in [-0.2, -0.15) is 0 Å². The Morgan fingerprint density at radius 3 is 2.65 bits per heavy atom. The van der Waals surface area contributed by atoms with Gasteiger partial charge in [0, 0.05) is 55.7 Å². The van der Waals surface area contributed by atoms with Crippen LogP contribution in [0.1, 0.15) is 11.1 Å². The number of ether oxygens (including phenoxy) is 1. The van der Waals surface area contributed by atoms with Gasteiger partial charge < -0.3 is 9.84 Å². The van der Waals surface area contributed by atoms with E-state index in [2.05, 4.69) is 37.9 Å². The molecule has 0 saturated carbocycles. The van der Waals surface area contributed by atoms with Crippen LogP contribution in [-0.4, -0.2) is 60.8 Å². The van der Waals surface area contributed by atoms with Gasteiger partial charge in [-0.05, 0) is 17.7 Å². The summed E-state index contributed by atoms with van der Waals surface area (Å²) in [6.45, 7) is 7.01. The molecule has 2 aliphatic rings. The van der Waals surface area contributed by atoms with Gasteiger partial charge in [0.25, 0.3) is 0 Å². The Hall–Kier alpha value is -0.620. The van der Waals surface area contributed by atoms with Crippen molar-refractivity contribution in [1.29, 1.82) is 0 Å². The summed E-state index contributed by atoms with van der Waals surface area (Å²) in [7, 11) is 0. The zero-order valence-electron chi connectivity index (χ0n) is 11.6. The van der Waals surface area contributed by atoms with Gasteiger partial charge in [-0.3, -0.25) is 9.80 Å². The first-order valence-corrected chi connectivity index (χ1v) is 8.05. The second-order valence-electron chi connectivity index (χ2n) is 5.49. The molecular weight excluding hydrogens is 320 g/mol. The first-order chi connectivity index (χ1) is 9.76. The molecule has 0 unspecified atom stereocenters. The highest BCUT2D eigenvalue weighted by atomic mass is 79.9. The van der Waals surface area contributed by atoms with Crippen LogP contribution in [0.3, 0.4) is 0 Å². The molecule has 0 spiro atoms. The van der Waals surface area contributed by atoms with Gasteiger partial charge in [0.2, 0.25) is 0 Å². The SMILES string of the molecule is OCCN1CCN(Cc2cc(Br)cc3c2OCC3)CC1. The van der Waals surface area contributed by atoms with Gasteiger partial charge >= 0.3 is 0 Å². The summed E-state index contributed by atoms with van der Waals surface area (Å²) >= 11 is 3.60. The fraction of sp³-hybridized carbons (Fsp3) is 0.600. The molecule has 2 aliphatic heterocycles. The molecular formula is C15H21BrN2O2. The number of aliphatic hydroxyl groups is 1. The summed E-state index contributed by atoms with van der Waals surface area (Å²) in [5.41, 5.74) is 2.62. The third-order valence-corrected chi connectivity index (χ3v) is 4.56. The molecule has 20 heavy (non-hydrogen) atoms. The predicted molar refractivity (Wildman–Crippen MR) is 82.1 cm³/mol. The van der Waals surface area contributed by atoms with E-state index in [0.29, 0.717) is 0 Å². The molecule has 0 aromatic heterocycles. The first kappa shape index (κ1) is 14.3. The average molecular weight is 341 g/mol. The molecule has 1 aromatic rings. The van der Waals surface area contributed by atoms with E-state index in [0.717, 1.165) is 62.5 Å². The van der Waals surface area contributed by atoms with Gasteiger partial charge in [-0.25, -0.2) is 0 Å². The quantitative estimate of drug-likeness (QED) is 0.900. The molecule has 2 heterocycles. The molecule has 3 rings (SSSR count). The molecule has 1 N–H and O–H groups in total. The monoisotopic (exact) mass is 340 g/mol. The van der Waals surface area contributed by atoms with Crippen molar-refractivity contribution in [3.8, 4) is 5.75 Å². The van der Waals surface area contributed by atoms with Gasteiger partial charge in [0.1, 0.15) is 5.75 Å². The highest BCUT2D eigenvalue weighted by Crippen LogP contribution is 2.33. The molecule has 0 bridgehead atoms. The van der Waals surface area contributed by atoms with Crippen LogP contribution in [-0.2, 0) is 13.0 Å². The summed E-state index contributed by atoms with van der Waals surface area (Å²) in [5.74, 6) is 1.10. The Bertz CT molecular complexity index is 473. The van der Waals surface area contributed by atoms with Gasteiger partial charge in [-0.15, -0.1) is 0 Å². The Kier molecular flexibility index (Phi) is 4.61. The zero-order chi connectivity index (χ0) is 13.9. The van der Waals surface area contributed by atoms with E-state index in [1.165, 1.54) is 11.1 Å². The third kappa shape index (κ3) is 3.17. The molecule has 1 fully saturated rings. The normalized spacial score (nSPS) is 19.9. The van der Waals surface area contributed by atoms with Crippen molar-refractivity contribution in [1.82, 2.24) is 9.80 Å². The zero-order valence-corrected chi connectivity index (χ0v) is 13.2. The lowest BCUT2D eigenvalue weighted by Gasteiger charge is -2.34. The molecule has 0 aliphatic carbocycles. The van der Waals surface area contributed by atoms with E-state index in [1.54, 1.807) is 0 Å². The van der Waals surface area contributed by atoms with E-state index >= 15 is 0 Å². The number of β-amino-alcohol motifs (C(OH)–C–C–N with tert-alkyl or cyclic N) is 1. The molecule has 0 radical (unpaired) electrons. The highest BCUT2D eigenvalue weighted by Gasteiger charge is 2.21. The van der Waals surface area contributed by atoms with Crippen LogP contribution in [0.2, 0.25) is 0 Å². The largest absolute Gasteiger partial charge is 0.493 e. The first-order valence-electron chi connectivity index (χ1n) is 7.26. The van der Waals surface area contributed by atoms with E-state index in [9.17, 15) is 0 Å². The van der Waals surface area contributed by atoms with Crippen molar-refractivity contribution < 1.29 is 9.84 Å². The van der Waals surface area contributed by atoms with E-state index in [4.69, 9.17) is 9.84 Å². The lowest BCUT2D eigenvalue weighted by atomic mass is 10.1. The van der Waals surface area contributed by atoms with Gasteiger partial charge in [0.15, 0.2) is 0 Å². The number of nitrogens with zero attached hydrogens (tertiary/aromatic N) is 2. The molecule has 0 amide bonds. The maximum absolute atomic E-state index is 8.98. The predicted octanol–water partition coefficient (Wildman–Crippen LogP) is 1.49. The molecule has 1 saturated heterocycles. The van der Waals surface area contributed by atoms with E-state index in [1.807, 2.05) is 0 Å². The number of rotatable bonds is 4. The fourth-order valence-electron chi connectivity index (χ4n) is 3.02. The lowest BCUT2D eigenvalue weighted by Crippen LogP contribution is -2.46. The molecule has 4 nitrogen and oxygen atoms in total. The van der Waals surface area contributed by atoms with Crippen molar-refractivity contribution in [2.75, 3.05) is 45.9 Å². The summed E-state index contributed by atoms with van der Waals surface area (Å²) in [6, 6.07) is 4.36. The summed E-state index contributed by atoms with van der Waals surface area (Å²) in [4.78, 5) is 4.79. The highest BCUT2D eigenvalue weighted by molar-refractivity contribution is 9.10. The van der Waals surface area contributed by atoms with Crippen LogP contribution < -0.4 is 4.74 Å². The van der Waals surface area contributed by atoms with E-state index < -0.39 is 0 Å². The Morgan fingerprint density at radius 2 is 1.90 bits per heavy atom. The fourth-order valence-corrected chi connectivity index (χ4v) is 3.57. The minimum absolute atomic E-state index is 0.257. The number of benzene rings is 1. The van der Waals surface area contributed by atoms with Crippen molar-refractivity contribution in [3.05, 3.63) is 27.7 Å². The van der Waals surface area contributed by atoms with Crippen LogP contribution in [0.25, 0.3) is 0 Å². The topological polar surface area (TPSA) is 35.9 Å². The number of hydrogen-bond donors (Lipinski definition) is 1. The van der Waals surface area contributed by atoms with Crippen LogP contribution in [0.4, 0.5) is 0 Å². The van der Waals surface area contributed by atoms with Gasteiger partial charge in [0.05, 0.1) is 13.2 Å². The van der Waals surface area contributed by atoms with Crippen LogP contribution >= 0.6 is 15.9 Å². The van der Waals surface area contributed by atoms with Crippen LogP contribution in [0.5, 0.6) is 5.75 Å². The summed E-state index contributed by atoms with van der Waals surface area (Å²) in [5, 5.41) is 8.98.